The number of aliphatic carboxylic acids is 1. The van der Waals surface area contributed by atoms with Crippen molar-refractivity contribution < 1.29 is 24.3 Å². The van der Waals surface area contributed by atoms with E-state index in [1.807, 2.05) is 0 Å². The first-order valence-corrected chi connectivity index (χ1v) is 5.57. The number of hydrogen-bond acceptors (Lipinski definition) is 5. The number of primary amides is 1. The van der Waals surface area contributed by atoms with Gasteiger partial charge in [0.05, 0.1) is 6.04 Å². The first-order chi connectivity index (χ1) is 8.73. The molecule has 0 aliphatic rings. The van der Waals surface area contributed by atoms with Crippen LogP contribution in [0.4, 0.5) is 0 Å². The Morgan fingerprint density at radius 2 is 1.79 bits per heavy atom. The number of hydrogen-bond donors (Lipinski definition) is 5. The lowest BCUT2D eigenvalue weighted by atomic mass is 10.1. The number of carbonyl (C=O) groups excluding carboxylic acids is 3. The normalized spacial score (nSPS) is 13.2. The van der Waals surface area contributed by atoms with E-state index in [2.05, 4.69) is 10.6 Å². The predicted molar refractivity (Wildman–Crippen MR) is 64.7 cm³/mol. The summed E-state index contributed by atoms with van der Waals surface area (Å²) in [6, 6.07) is -1.88. The van der Waals surface area contributed by atoms with Gasteiger partial charge in [0, 0.05) is 6.42 Å². The molecule has 9 heteroatoms. The van der Waals surface area contributed by atoms with Crippen LogP contribution < -0.4 is 22.1 Å². The topological polar surface area (TPSA) is 165 Å². The maximum atomic E-state index is 11.6. The van der Waals surface area contributed by atoms with E-state index in [1.54, 1.807) is 0 Å². The lowest BCUT2D eigenvalue weighted by molar-refractivity contribution is -0.138. The minimum Gasteiger partial charge on any atom is -0.480 e. The highest BCUT2D eigenvalue weighted by Crippen LogP contribution is 1.98. The van der Waals surface area contributed by atoms with Gasteiger partial charge in [-0.1, -0.05) is 0 Å². The smallest absolute Gasteiger partial charge is 0.322 e. The van der Waals surface area contributed by atoms with Crippen molar-refractivity contribution >= 4 is 23.7 Å². The van der Waals surface area contributed by atoms with Crippen LogP contribution in [0.2, 0.25) is 0 Å². The van der Waals surface area contributed by atoms with Crippen LogP contribution in [0, 0.1) is 0 Å². The van der Waals surface area contributed by atoms with Crippen molar-refractivity contribution in [3.05, 3.63) is 0 Å². The number of amides is 3. The standard InChI is InChI=1S/C10H18N4O5/c1-5(11)9(18)14-6(2-3-7(12)15)10(19)13-4-8(16)17/h5-6H,2-4,11H2,1H3,(H2,12,15)(H,13,19)(H,14,18)(H,16,17). The Bertz CT molecular complexity index is 369. The Kier molecular flexibility index (Phi) is 7.12. The molecule has 0 aromatic carbocycles. The fourth-order valence-electron chi connectivity index (χ4n) is 1.14. The van der Waals surface area contributed by atoms with Gasteiger partial charge in [-0.3, -0.25) is 19.2 Å². The Balaban J connectivity index is 4.55. The molecule has 19 heavy (non-hydrogen) atoms. The molecule has 0 aromatic heterocycles. The molecular weight excluding hydrogens is 256 g/mol. The van der Waals surface area contributed by atoms with Crippen molar-refractivity contribution in [3.8, 4) is 0 Å². The van der Waals surface area contributed by atoms with E-state index in [1.165, 1.54) is 6.92 Å². The molecule has 0 saturated heterocycles. The molecule has 2 unspecified atom stereocenters. The van der Waals surface area contributed by atoms with Crippen LogP contribution >= 0.6 is 0 Å². The summed E-state index contributed by atoms with van der Waals surface area (Å²) in [6.07, 6.45) is -0.149. The Hall–Kier alpha value is -2.16. The largest absolute Gasteiger partial charge is 0.480 e. The second-order valence-electron chi connectivity index (χ2n) is 3.97. The maximum Gasteiger partial charge on any atom is 0.322 e. The second-order valence-corrected chi connectivity index (χ2v) is 3.97. The minimum absolute atomic E-state index is 0.0285. The van der Waals surface area contributed by atoms with Gasteiger partial charge in [0.2, 0.25) is 17.7 Å². The fraction of sp³-hybridized carbons (Fsp3) is 0.600. The summed E-state index contributed by atoms with van der Waals surface area (Å²) in [6.45, 7) is 0.843. The zero-order chi connectivity index (χ0) is 15.0. The molecule has 0 aliphatic heterocycles. The van der Waals surface area contributed by atoms with Crippen LogP contribution in [0.3, 0.4) is 0 Å². The average Bonchev–Trinajstić information content (AvgIpc) is 2.30. The van der Waals surface area contributed by atoms with Gasteiger partial charge in [-0.15, -0.1) is 0 Å². The van der Waals surface area contributed by atoms with Crippen LogP contribution in [-0.4, -0.2) is 47.4 Å². The molecule has 0 rings (SSSR count). The molecule has 7 N–H and O–H groups in total. The molecule has 0 aliphatic carbocycles. The summed E-state index contributed by atoms with van der Waals surface area (Å²) in [5, 5.41) is 12.9. The van der Waals surface area contributed by atoms with Crippen molar-refractivity contribution in [2.75, 3.05) is 6.54 Å². The first-order valence-electron chi connectivity index (χ1n) is 5.57. The van der Waals surface area contributed by atoms with Crippen molar-refractivity contribution in [1.29, 1.82) is 0 Å². The molecule has 2 atom stereocenters. The molecule has 0 fully saturated rings. The molecule has 3 amide bonds. The minimum atomic E-state index is -1.22. The van der Waals surface area contributed by atoms with E-state index in [0.29, 0.717) is 0 Å². The van der Waals surface area contributed by atoms with Crippen molar-refractivity contribution in [1.82, 2.24) is 10.6 Å². The summed E-state index contributed by atoms with van der Waals surface area (Å²) < 4.78 is 0. The van der Waals surface area contributed by atoms with Crippen LogP contribution in [0.25, 0.3) is 0 Å². The van der Waals surface area contributed by atoms with Crippen LogP contribution in [-0.2, 0) is 19.2 Å². The van der Waals surface area contributed by atoms with Crippen molar-refractivity contribution in [3.63, 3.8) is 0 Å². The van der Waals surface area contributed by atoms with Crippen LogP contribution in [0.1, 0.15) is 19.8 Å². The maximum absolute atomic E-state index is 11.6. The zero-order valence-electron chi connectivity index (χ0n) is 10.5. The third kappa shape index (κ3) is 7.71. The average molecular weight is 274 g/mol. The lowest BCUT2D eigenvalue weighted by Crippen LogP contribution is -2.51. The predicted octanol–water partition coefficient (Wildman–Crippen LogP) is -2.72. The number of rotatable bonds is 8. The summed E-state index contributed by atoms with van der Waals surface area (Å²) in [5.74, 6) is -3.15. The highest BCUT2D eigenvalue weighted by atomic mass is 16.4. The summed E-state index contributed by atoms with van der Waals surface area (Å²) >= 11 is 0. The number of nitrogens with one attached hydrogen (secondary N) is 2. The molecule has 0 spiro atoms. The van der Waals surface area contributed by atoms with Crippen molar-refractivity contribution in [2.24, 2.45) is 11.5 Å². The Labute approximate surface area is 109 Å². The van der Waals surface area contributed by atoms with E-state index < -0.39 is 42.3 Å². The quantitative estimate of drug-likeness (QED) is 0.322. The SMILES string of the molecule is CC(N)C(=O)NC(CCC(N)=O)C(=O)NCC(=O)O. The summed E-state index contributed by atoms with van der Waals surface area (Å²) in [7, 11) is 0. The van der Waals surface area contributed by atoms with Crippen LogP contribution in [0.5, 0.6) is 0 Å². The lowest BCUT2D eigenvalue weighted by Gasteiger charge is -2.18. The van der Waals surface area contributed by atoms with E-state index >= 15 is 0 Å². The molecule has 108 valence electrons. The van der Waals surface area contributed by atoms with Gasteiger partial charge in [-0.25, -0.2) is 0 Å². The third-order valence-corrected chi connectivity index (χ3v) is 2.14. The molecule has 0 aromatic rings. The highest BCUT2D eigenvalue weighted by Gasteiger charge is 2.22. The molecular formula is C10H18N4O5. The van der Waals surface area contributed by atoms with E-state index in [4.69, 9.17) is 16.6 Å². The van der Waals surface area contributed by atoms with Gasteiger partial charge >= 0.3 is 5.97 Å². The van der Waals surface area contributed by atoms with Gasteiger partial charge in [-0.05, 0) is 13.3 Å². The molecule has 0 heterocycles. The fourth-order valence-corrected chi connectivity index (χ4v) is 1.14. The molecule has 9 nitrogen and oxygen atoms in total. The Morgan fingerprint density at radius 3 is 2.21 bits per heavy atom. The summed E-state index contributed by atoms with van der Waals surface area (Å²) in [5.41, 5.74) is 10.3. The van der Waals surface area contributed by atoms with Crippen LogP contribution in [0.15, 0.2) is 0 Å². The van der Waals surface area contributed by atoms with E-state index in [9.17, 15) is 19.2 Å². The van der Waals surface area contributed by atoms with Gasteiger partial charge in [0.1, 0.15) is 12.6 Å². The summed E-state index contributed by atoms with van der Waals surface area (Å²) in [4.78, 5) is 44.0. The molecule has 0 bridgehead atoms. The number of carboxylic acid groups (broad SMARTS) is 1. The van der Waals surface area contributed by atoms with E-state index in [-0.39, 0.29) is 12.8 Å². The molecule has 0 radical (unpaired) electrons. The zero-order valence-corrected chi connectivity index (χ0v) is 10.5. The van der Waals surface area contributed by atoms with Gasteiger partial charge < -0.3 is 27.2 Å². The Morgan fingerprint density at radius 1 is 1.21 bits per heavy atom. The number of carboxylic acids is 1. The van der Waals surface area contributed by atoms with Gasteiger partial charge in [0.15, 0.2) is 0 Å². The van der Waals surface area contributed by atoms with E-state index in [0.717, 1.165) is 0 Å². The van der Waals surface area contributed by atoms with Gasteiger partial charge in [-0.2, -0.15) is 0 Å². The number of nitrogens with two attached hydrogens (primary N) is 2. The molecule has 0 saturated carbocycles. The monoisotopic (exact) mass is 274 g/mol. The number of carbonyl (C=O) groups is 4. The third-order valence-electron chi connectivity index (χ3n) is 2.14. The van der Waals surface area contributed by atoms with Crippen molar-refractivity contribution in [2.45, 2.75) is 31.8 Å². The van der Waals surface area contributed by atoms with Gasteiger partial charge in [0.25, 0.3) is 0 Å². The second kappa shape index (κ2) is 8.03. The first kappa shape index (κ1) is 16.8. The highest BCUT2D eigenvalue weighted by molar-refractivity contribution is 5.91.